The van der Waals surface area contributed by atoms with Crippen LogP contribution in [-0.2, 0) is 24.2 Å². The summed E-state index contributed by atoms with van der Waals surface area (Å²) >= 11 is 0. The summed E-state index contributed by atoms with van der Waals surface area (Å²) in [6, 6.07) is 33.8. The first kappa shape index (κ1) is 45.5. The number of ether oxygens (including phenoxy) is 5. The van der Waals surface area contributed by atoms with E-state index in [0.717, 1.165) is 16.7 Å². The third-order valence-corrected chi connectivity index (χ3v) is 18.3. The molecule has 6 aromatic rings. The van der Waals surface area contributed by atoms with Crippen LogP contribution in [0.15, 0.2) is 122 Å². The molecule has 1 aliphatic rings. The fourth-order valence-electron chi connectivity index (χ4n) is 9.08. The number of amides is 1. The molecule has 1 aliphatic heterocycles. The molecule has 1 saturated heterocycles. The number of carbonyl (C=O) groups excluding carboxylic acids is 1. The van der Waals surface area contributed by atoms with Crippen LogP contribution in [0.3, 0.4) is 0 Å². The van der Waals surface area contributed by atoms with Gasteiger partial charge in [0.15, 0.2) is 43.4 Å². The number of anilines is 1. The standard InChI is InChI=1S/C48H57N5O9Si/c1-31(2)63(32(3)4,33(5)6)60-28-47(27-59-48(35-17-13-10-14-18-35,36-19-23-38(57-7)24-20-36)37-21-25-39(58-8)26-22-37)46(56)61-45(55)44(62-47)53-30-51-40-41(49-29-50-42(40)53)52-43(54)34-15-11-9-12-16-34/h9-26,29-33,44-46,55-56H,27-28H2,1-8H3,(H,49,50,52,54)/t44-,45?,46?,47+/m1/s1. The molecule has 1 amide bonds. The van der Waals surface area contributed by atoms with Gasteiger partial charge in [-0.15, -0.1) is 0 Å². The average molecular weight is 876 g/mol. The first-order valence-electron chi connectivity index (χ1n) is 21.2. The maximum Gasteiger partial charge on any atom is 0.256 e. The molecule has 3 N–H and O–H groups in total. The molecule has 0 aliphatic carbocycles. The Hall–Kier alpha value is -5.52. The zero-order valence-electron chi connectivity index (χ0n) is 37.0. The third-order valence-electron chi connectivity index (χ3n) is 12.2. The van der Waals surface area contributed by atoms with E-state index in [1.807, 2.05) is 84.9 Å². The second-order valence-electron chi connectivity index (χ2n) is 16.7. The Morgan fingerprint density at radius 3 is 1.84 bits per heavy atom. The Bertz CT molecular complexity index is 2370. The van der Waals surface area contributed by atoms with Gasteiger partial charge in [0.05, 0.1) is 33.8 Å². The lowest BCUT2D eigenvalue weighted by Crippen LogP contribution is -2.63. The van der Waals surface area contributed by atoms with Crippen molar-refractivity contribution in [2.75, 3.05) is 32.8 Å². The molecule has 4 aromatic carbocycles. The summed E-state index contributed by atoms with van der Waals surface area (Å²) in [6.45, 7) is 12.6. The largest absolute Gasteiger partial charge is 0.497 e. The number of hydrogen-bond acceptors (Lipinski definition) is 12. The highest BCUT2D eigenvalue weighted by molar-refractivity contribution is 6.77. The smallest absolute Gasteiger partial charge is 0.256 e. The molecule has 3 heterocycles. The molecule has 0 saturated carbocycles. The topological polar surface area (TPSA) is 169 Å². The second-order valence-corrected chi connectivity index (χ2v) is 22.2. The monoisotopic (exact) mass is 875 g/mol. The van der Waals surface area contributed by atoms with Crippen LogP contribution in [0.25, 0.3) is 11.2 Å². The van der Waals surface area contributed by atoms with E-state index in [9.17, 15) is 15.0 Å². The summed E-state index contributed by atoms with van der Waals surface area (Å²) in [7, 11) is 0.577. The van der Waals surface area contributed by atoms with Gasteiger partial charge in [-0.2, -0.15) is 0 Å². The Kier molecular flexibility index (Phi) is 13.8. The first-order valence-corrected chi connectivity index (χ1v) is 23.3. The number of nitrogens with one attached hydrogen (secondary N) is 1. The van der Waals surface area contributed by atoms with Crippen LogP contribution in [0.2, 0.25) is 16.6 Å². The van der Waals surface area contributed by atoms with Crippen LogP contribution in [0.1, 0.15) is 74.8 Å². The number of rotatable bonds is 17. The van der Waals surface area contributed by atoms with Crippen molar-refractivity contribution in [3.63, 3.8) is 0 Å². The summed E-state index contributed by atoms with van der Waals surface area (Å²) in [5.41, 5.74) is 0.676. The number of aliphatic hydroxyl groups excluding tert-OH is 2. The van der Waals surface area contributed by atoms with Gasteiger partial charge in [-0.3, -0.25) is 9.36 Å². The van der Waals surface area contributed by atoms with Gasteiger partial charge >= 0.3 is 0 Å². The van der Waals surface area contributed by atoms with E-state index >= 15 is 0 Å². The van der Waals surface area contributed by atoms with Gasteiger partial charge in [0.1, 0.15) is 23.4 Å². The van der Waals surface area contributed by atoms with E-state index in [1.165, 1.54) is 17.2 Å². The van der Waals surface area contributed by atoms with Gasteiger partial charge in [0.2, 0.25) is 6.29 Å². The van der Waals surface area contributed by atoms with Crippen molar-refractivity contribution in [3.05, 3.63) is 144 Å². The van der Waals surface area contributed by atoms with E-state index in [-0.39, 0.29) is 52.7 Å². The maximum atomic E-state index is 13.2. The number of methoxy groups -OCH3 is 2. The minimum Gasteiger partial charge on any atom is -0.497 e. The first-order chi connectivity index (χ1) is 30.3. The van der Waals surface area contributed by atoms with Crippen molar-refractivity contribution in [1.29, 1.82) is 0 Å². The molecule has 63 heavy (non-hydrogen) atoms. The molecular weight excluding hydrogens is 819 g/mol. The SMILES string of the molecule is COc1ccc(C(OC[C@@]2(CO[Si](C(C)C)(C(C)C)C(C)C)O[C@@H](n3cnc4c(NC(=O)c5ccccc5)ncnc43)C(O)OC2O)(c2ccccc2)c2ccc(OC)cc2)cc1. The summed E-state index contributed by atoms with van der Waals surface area (Å²) in [6.07, 6.45) is -2.06. The highest BCUT2D eigenvalue weighted by atomic mass is 28.4. The van der Waals surface area contributed by atoms with E-state index in [4.69, 9.17) is 28.1 Å². The predicted molar refractivity (Wildman–Crippen MR) is 241 cm³/mol. The van der Waals surface area contributed by atoms with Gasteiger partial charge in [-0.05, 0) is 69.7 Å². The number of aromatic nitrogens is 4. The molecule has 4 atom stereocenters. The highest BCUT2D eigenvalue weighted by Crippen LogP contribution is 2.47. The van der Waals surface area contributed by atoms with Gasteiger partial charge < -0.3 is 43.6 Å². The van der Waals surface area contributed by atoms with E-state index in [0.29, 0.717) is 17.1 Å². The number of nitrogens with zero attached hydrogens (tertiary/aromatic N) is 4. The zero-order valence-corrected chi connectivity index (χ0v) is 38.0. The summed E-state index contributed by atoms with van der Waals surface area (Å²) in [4.78, 5) is 26.6. The van der Waals surface area contributed by atoms with Crippen molar-refractivity contribution in [2.24, 2.45) is 0 Å². The summed E-state index contributed by atoms with van der Waals surface area (Å²) in [5, 5.41) is 26.7. The van der Waals surface area contributed by atoms with E-state index < -0.39 is 38.3 Å². The van der Waals surface area contributed by atoms with Crippen LogP contribution in [0.5, 0.6) is 11.5 Å². The van der Waals surface area contributed by atoms with Crippen molar-refractivity contribution in [3.8, 4) is 11.5 Å². The average Bonchev–Trinajstić information content (AvgIpc) is 3.73. The second kappa shape index (κ2) is 19.1. The Labute approximate surface area is 369 Å². The number of benzene rings is 4. The van der Waals surface area contributed by atoms with Crippen LogP contribution < -0.4 is 14.8 Å². The Balaban J connectivity index is 1.36. The molecular formula is C48H57N5O9Si. The number of imidazole rings is 1. The van der Waals surface area contributed by atoms with Crippen LogP contribution >= 0.6 is 0 Å². The quantitative estimate of drug-likeness (QED) is 0.0594. The highest BCUT2D eigenvalue weighted by Gasteiger charge is 2.56. The number of aliphatic hydroxyl groups is 2. The minimum atomic E-state index is -2.65. The van der Waals surface area contributed by atoms with Crippen molar-refractivity contribution < 1.29 is 43.1 Å². The van der Waals surface area contributed by atoms with Crippen LogP contribution in [-0.4, -0.2) is 89.6 Å². The summed E-state index contributed by atoms with van der Waals surface area (Å²) < 4.78 is 40.4. The normalized spacial score (nSPS) is 19.5. The van der Waals surface area contributed by atoms with Gasteiger partial charge in [0.25, 0.3) is 5.91 Å². The third kappa shape index (κ3) is 8.74. The molecule has 0 bridgehead atoms. The lowest BCUT2D eigenvalue weighted by molar-refractivity contribution is -0.398. The fourth-order valence-corrected chi connectivity index (χ4v) is 14.6. The molecule has 0 spiro atoms. The minimum absolute atomic E-state index is 0.157. The molecule has 332 valence electrons. The van der Waals surface area contributed by atoms with E-state index in [1.54, 1.807) is 38.5 Å². The molecule has 15 heteroatoms. The molecule has 0 radical (unpaired) electrons. The lowest BCUT2D eigenvalue weighted by atomic mass is 9.79. The predicted octanol–water partition coefficient (Wildman–Crippen LogP) is 8.22. The van der Waals surface area contributed by atoms with Crippen LogP contribution in [0.4, 0.5) is 5.82 Å². The number of hydrogen-bond donors (Lipinski definition) is 3. The van der Waals surface area contributed by atoms with Crippen molar-refractivity contribution in [1.82, 2.24) is 19.5 Å². The van der Waals surface area contributed by atoms with Gasteiger partial charge in [-0.25, -0.2) is 15.0 Å². The molecule has 7 rings (SSSR count). The molecule has 1 fully saturated rings. The fraction of sp³-hybridized carbons (Fsp3) is 0.375. The van der Waals surface area contributed by atoms with Crippen molar-refractivity contribution >= 4 is 31.2 Å². The van der Waals surface area contributed by atoms with Gasteiger partial charge in [0, 0.05) is 5.56 Å². The number of fused-ring (bicyclic) bond motifs is 1. The van der Waals surface area contributed by atoms with Gasteiger partial charge in [-0.1, -0.05) is 114 Å². The lowest BCUT2D eigenvalue weighted by Gasteiger charge is -2.50. The van der Waals surface area contributed by atoms with Crippen molar-refractivity contribution in [2.45, 2.75) is 88.2 Å². The Morgan fingerprint density at radius 2 is 1.30 bits per heavy atom. The summed E-state index contributed by atoms with van der Waals surface area (Å²) in [5.74, 6) is 1.09. The maximum absolute atomic E-state index is 13.2. The molecule has 2 unspecified atom stereocenters. The molecule has 2 aromatic heterocycles. The Morgan fingerprint density at radius 1 is 0.762 bits per heavy atom. The molecule has 14 nitrogen and oxygen atoms in total. The van der Waals surface area contributed by atoms with Crippen LogP contribution in [0, 0.1) is 0 Å². The van der Waals surface area contributed by atoms with E-state index in [2.05, 4.69) is 61.8 Å². The number of carbonyl (C=O) groups is 1. The zero-order chi connectivity index (χ0) is 44.9.